The maximum atomic E-state index is 11.2. The van der Waals surface area contributed by atoms with Crippen LogP contribution in [0.1, 0.15) is 12.0 Å². The predicted octanol–water partition coefficient (Wildman–Crippen LogP) is 0.973. The Hall–Kier alpha value is -1.11. The molecular weight excluding hydrogens is 266 g/mol. The Bertz CT molecular complexity index is 474. The Balaban J connectivity index is 2.41. The van der Waals surface area contributed by atoms with Crippen molar-refractivity contribution < 1.29 is 17.9 Å². The van der Waals surface area contributed by atoms with Crippen molar-refractivity contribution in [1.29, 1.82) is 0 Å². The van der Waals surface area contributed by atoms with Crippen LogP contribution in [0, 0.1) is 0 Å². The number of nitrogens with two attached hydrogens (primary N) is 1. The van der Waals surface area contributed by atoms with Crippen molar-refractivity contribution in [2.75, 3.05) is 0 Å². The summed E-state index contributed by atoms with van der Waals surface area (Å²) in [5.74, 6) is -0.703. The maximum absolute atomic E-state index is 11.2. The Morgan fingerprint density at radius 3 is 2.47 bits per heavy atom. The molecule has 1 aromatic rings. The van der Waals surface area contributed by atoms with Gasteiger partial charge in [0.25, 0.3) is 0 Å². The van der Waals surface area contributed by atoms with Crippen LogP contribution in [0.15, 0.2) is 30.3 Å². The first-order chi connectivity index (χ1) is 7.89. The maximum Gasteiger partial charge on any atom is 0.308 e. The molecule has 0 saturated carbocycles. The fraction of sp³-hybridized carbons (Fsp3) is 0.300. The summed E-state index contributed by atoms with van der Waals surface area (Å²) in [7, 11) is 1.05. The number of hydrogen-bond donors (Lipinski definition) is 1. The lowest BCUT2D eigenvalue weighted by molar-refractivity contribution is -0.144. The molecule has 0 spiro atoms. The van der Waals surface area contributed by atoms with E-state index in [-0.39, 0.29) is 6.61 Å². The lowest BCUT2D eigenvalue weighted by atomic mass is 10.2. The van der Waals surface area contributed by atoms with E-state index in [1.165, 1.54) is 0 Å². The average Bonchev–Trinajstić information content (AvgIpc) is 2.26. The van der Waals surface area contributed by atoms with Gasteiger partial charge in [-0.15, -0.1) is 0 Å². The fourth-order valence-electron chi connectivity index (χ4n) is 1.06. The van der Waals surface area contributed by atoms with Crippen molar-refractivity contribution in [3.8, 4) is 0 Å². The molecule has 1 aromatic carbocycles. The minimum Gasteiger partial charge on any atom is -0.461 e. The fourth-order valence-corrected chi connectivity index (χ4v) is 1.58. The zero-order valence-electron chi connectivity index (χ0n) is 8.87. The first-order valence-electron chi connectivity index (χ1n) is 4.78. The van der Waals surface area contributed by atoms with Gasteiger partial charge in [-0.3, -0.25) is 4.79 Å². The topological polar surface area (TPSA) is 86.5 Å². The molecule has 0 radical (unpaired) electrons. The highest BCUT2D eigenvalue weighted by Gasteiger charge is 2.22. The van der Waals surface area contributed by atoms with E-state index in [9.17, 15) is 13.2 Å². The Morgan fingerprint density at radius 2 is 1.94 bits per heavy atom. The summed E-state index contributed by atoms with van der Waals surface area (Å²) in [4.78, 5) is 11.2. The van der Waals surface area contributed by atoms with Crippen molar-refractivity contribution in [2.24, 2.45) is 5.73 Å². The van der Waals surface area contributed by atoms with Crippen LogP contribution in [-0.2, 0) is 25.2 Å². The number of hydrogen-bond acceptors (Lipinski definition) is 5. The lowest BCUT2D eigenvalue weighted by Gasteiger charge is -2.08. The van der Waals surface area contributed by atoms with Crippen molar-refractivity contribution in [3.05, 3.63) is 35.9 Å². The van der Waals surface area contributed by atoms with Gasteiger partial charge in [-0.25, -0.2) is 8.42 Å². The zero-order chi connectivity index (χ0) is 12.9. The SMILES string of the molecule is NC(CC(=O)OCc1ccccc1)S(=O)(=O)Cl. The quantitative estimate of drug-likeness (QED) is 0.640. The van der Waals surface area contributed by atoms with E-state index in [1.54, 1.807) is 24.3 Å². The standard InChI is InChI=1S/C10H12ClNO4S/c11-17(14,15)9(12)6-10(13)16-7-8-4-2-1-3-5-8/h1-5,9H,6-7,12H2. The molecule has 0 bridgehead atoms. The molecule has 0 fully saturated rings. The van der Waals surface area contributed by atoms with E-state index >= 15 is 0 Å². The summed E-state index contributed by atoms with van der Waals surface area (Å²) in [6.45, 7) is 0.0781. The normalized spacial score (nSPS) is 13.1. The van der Waals surface area contributed by atoms with Crippen molar-refractivity contribution >= 4 is 25.7 Å². The van der Waals surface area contributed by atoms with Crippen LogP contribution in [0.3, 0.4) is 0 Å². The van der Waals surface area contributed by atoms with Crippen LogP contribution in [0.2, 0.25) is 0 Å². The molecule has 0 amide bonds. The van der Waals surface area contributed by atoms with Gasteiger partial charge in [0.2, 0.25) is 9.05 Å². The van der Waals surface area contributed by atoms with Gasteiger partial charge in [-0.05, 0) is 5.56 Å². The van der Waals surface area contributed by atoms with Gasteiger partial charge < -0.3 is 10.5 Å². The minimum absolute atomic E-state index is 0.0781. The van der Waals surface area contributed by atoms with Gasteiger partial charge in [0.15, 0.2) is 0 Å². The van der Waals surface area contributed by atoms with E-state index in [1.807, 2.05) is 6.07 Å². The van der Waals surface area contributed by atoms with Crippen LogP contribution >= 0.6 is 10.7 Å². The molecule has 0 aliphatic carbocycles. The van der Waals surface area contributed by atoms with Crippen LogP contribution in [-0.4, -0.2) is 19.8 Å². The number of ether oxygens (including phenoxy) is 1. The number of benzene rings is 1. The lowest BCUT2D eigenvalue weighted by Crippen LogP contribution is -2.30. The second-order valence-electron chi connectivity index (χ2n) is 3.36. The highest BCUT2D eigenvalue weighted by molar-refractivity contribution is 8.14. The van der Waals surface area contributed by atoms with Crippen LogP contribution in [0.25, 0.3) is 0 Å². The molecule has 0 saturated heterocycles. The smallest absolute Gasteiger partial charge is 0.308 e. The molecule has 1 atom stereocenters. The van der Waals surface area contributed by atoms with Crippen LogP contribution in [0.5, 0.6) is 0 Å². The van der Waals surface area contributed by atoms with Crippen molar-refractivity contribution in [3.63, 3.8) is 0 Å². The monoisotopic (exact) mass is 277 g/mol. The molecule has 17 heavy (non-hydrogen) atoms. The highest BCUT2D eigenvalue weighted by atomic mass is 35.7. The molecule has 1 unspecified atom stereocenters. The largest absolute Gasteiger partial charge is 0.461 e. The van der Waals surface area contributed by atoms with Gasteiger partial charge in [-0.1, -0.05) is 30.3 Å². The third-order valence-corrected chi connectivity index (χ3v) is 3.55. The van der Waals surface area contributed by atoms with E-state index in [4.69, 9.17) is 21.2 Å². The summed E-state index contributed by atoms with van der Waals surface area (Å²) in [6, 6.07) is 9.01. The number of esters is 1. The molecule has 0 aliphatic heterocycles. The molecular formula is C10H12ClNO4S. The third kappa shape index (κ3) is 5.16. The Labute approximate surface area is 104 Å². The van der Waals surface area contributed by atoms with Gasteiger partial charge in [0, 0.05) is 10.7 Å². The molecule has 0 aliphatic rings. The summed E-state index contributed by atoms with van der Waals surface area (Å²) in [6.07, 6.45) is -0.460. The molecule has 0 aromatic heterocycles. The first-order valence-corrected chi connectivity index (χ1v) is 7.15. The Morgan fingerprint density at radius 1 is 1.35 bits per heavy atom. The van der Waals surface area contributed by atoms with Crippen molar-refractivity contribution in [2.45, 2.75) is 18.4 Å². The molecule has 2 N–H and O–H groups in total. The number of halogens is 1. The summed E-state index contributed by atoms with van der Waals surface area (Å²) >= 11 is 0. The Kier molecular flexibility index (Phi) is 4.92. The summed E-state index contributed by atoms with van der Waals surface area (Å²) < 4.78 is 26.4. The van der Waals surface area contributed by atoms with Gasteiger partial charge in [0.1, 0.15) is 12.0 Å². The average molecular weight is 278 g/mol. The van der Waals surface area contributed by atoms with Crippen LogP contribution < -0.4 is 5.73 Å². The minimum atomic E-state index is -3.93. The molecule has 0 heterocycles. The van der Waals surface area contributed by atoms with E-state index in [0.717, 1.165) is 5.56 Å². The molecule has 94 valence electrons. The van der Waals surface area contributed by atoms with E-state index in [2.05, 4.69) is 0 Å². The first kappa shape index (κ1) is 14.0. The van der Waals surface area contributed by atoms with E-state index < -0.39 is 26.8 Å². The second kappa shape index (κ2) is 6.00. The number of carbonyl (C=O) groups is 1. The predicted molar refractivity (Wildman–Crippen MR) is 63.6 cm³/mol. The van der Waals surface area contributed by atoms with Gasteiger partial charge >= 0.3 is 5.97 Å². The van der Waals surface area contributed by atoms with Crippen molar-refractivity contribution in [1.82, 2.24) is 0 Å². The van der Waals surface area contributed by atoms with Crippen LogP contribution in [0.4, 0.5) is 0 Å². The summed E-state index contributed by atoms with van der Waals surface area (Å²) in [5.41, 5.74) is 6.01. The van der Waals surface area contributed by atoms with Gasteiger partial charge in [-0.2, -0.15) is 0 Å². The summed E-state index contributed by atoms with van der Waals surface area (Å²) in [5, 5.41) is -1.44. The molecule has 1 rings (SSSR count). The third-order valence-electron chi connectivity index (χ3n) is 1.97. The molecule has 7 heteroatoms. The number of rotatable bonds is 5. The highest BCUT2D eigenvalue weighted by Crippen LogP contribution is 2.08. The van der Waals surface area contributed by atoms with E-state index in [0.29, 0.717) is 0 Å². The zero-order valence-corrected chi connectivity index (χ0v) is 10.4. The van der Waals surface area contributed by atoms with Gasteiger partial charge in [0.05, 0.1) is 6.42 Å². The molecule has 5 nitrogen and oxygen atoms in total. The second-order valence-corrected chi connectivity index (χ2v) is 6.21. The number of carbonyl (C=O) groups excluding carboxylic acids is 1.